The Morgan fingerprint density at radius 1 is 1.22 bits per heavy atom. The molecule has 0 aliphatic rings. The predicted molar refractivity (Wildman–Crippen MR) is 71.6 cm³/mol. The minimum atomic E-state index is -0.316. The van der Waals surface area contributed by atoms with E-state index in [1.54, 1.807) is 7.11 Å². The van der Waals surface area contributed by atoms with Crippen molar-refractivity contribution in [2.75, 3.05) is 7.11 Å². The predicted octanol–water partition coefficient (Wildman–Crippen LogP) is 3.65. The molecule has 0 bridgehead atoms. The zero-order chi connectivity index (χ0) is 13.0. The fourth-order valence-corrected chi connectivity index (χ4v) is 1.85. The molecule has 4 nitrogen and oxygen atoms in total. The summed E-state index contributed by atoms with van der Waals surface area (Å²) < 4.78 is 11.1. The van der Waals surface area contributed by atoms with Crippen LogP contribution in [0.2, 0.25) is 0 Å². The normalized spacial score (nSPS) is 14.4. The number of methoxy groups -OCH3 is 1. The molecule has 5 heteroatoms. The van der Waals surface area contributed by atoms with Crippen LogP contribution in [0.1, 0.15) is 41.6 Å². The number of nitrogens with zero attached hydrogens (tertiary/aromatic N) is 2. The van der Waals surface area contributed by atoms with E-state index in [1.165, 1.54) is 0 Å². The maximum Gasteiger partial charge on any atom is 0.249 e. The lowest BCUT2D eigenvalue weighted by atomic mass is 10.1. The third-order valence-corrected chi connectivity index (χ3v) is 3.68. The van der Waals surface area contributed by atoms with E-state index >= 15 is 0 Å². The molecule has 0 N–H and O–H groups in total. The standard InChI is InChI=1S/C13H15BrN2O2/c1-3-10(14)12-15-16-13(18-12)11(17-2)9-7-5-4-6-8-9/h4-8,10-11H,3H2,1-2H3. The van der Waals surface area contributed by atoms with Crippen molar-refractivity contribution in [2.24, 2.45) is 0 Å². The van der Waals surface area contributed by atoms with Crippen molar-refractivity contribution in [3.8, 4) is 0 Å². The molecule has 2 rings (SSSR count). The van der Waals surface area contributed by atoms with Gasteiger partial charge in [0, 0.05) is 7.11 Å². The molecule has 1 aromatic heterocycles. The molecule has 0 saturated carbocycles. The van der Waals surface area contributed by atoms with Crippen LogP contribution in [0.4, 0.5) is 0 Å². The highest BCUT2D eigenvalue weighted by Crippen LogP contribution is 2.29. The topological polar surface area (TPSA) is 48.2 Å². The SMILES string of the molecule is CCC(Br)c1nnc(C(OC)c2ccccc2)o1. The quantitative estimate of drug-likeness (QED) is 0.791. The lowest BCUT2D eigenvalue weighted by molar-refractivity contribution is 0.110. The van der Waals surface area contributed by atoms with Gasteiger partial charge in [0.15, 0.2) is 6.10 Å². The van der Waals surface area contributed by atoms with Gasteiger partial charge in [0.2, 0.25) is 11.8 Å². The van der Waals surface area contributed by atoms with Gasteiger partial charge in [0.05, 0.1) is 4.83 Å². The van der Waals surface area contributed by atoms with Crippen molar-refractivity contribution in [1.29, 1.82) is 0 Å². The first-order valence-corrected chi connectivity index (χ1v) is 6.73. The molecule has 0 aliphatic carbocycles. The van der Waals surface area contributed by atoms with Crippen LogP contribution >= 0.6 is 15.9 Å². The van der Waals surface area contributed by atoms with E-state index in [0.29, 0.717) is 11.8 Å². The molecule has 2 aromatic rings. The summed E-state index contributed by atoms with van der Waals surface area (Å²) in [5, 5.41) is 8.10. The number of hydrogen-bond donors (Lipinski definition) is 0. The van der Waals surface area contributed by atoms with Gasteiger partial charge in [-0.1, -0.05) is 53.2 Å². The number of hydrogen-bond acceptors (Lipinski definition) is 4. The summed E-state index contributed by atoms with van der Waals surface area (Å²) in [7, 11) is 1.63. The van der Waals surface area contributed by atoms with Crippen LogP contribution in [0.15, 0.2) is 34.7 Å². The Morgan fingerprint density at radius 3 is 2.50 bits per heavy atom. The molecule has 2 unspecified atom stereocenters. The molecule has 0 saturated heterocycles. The van der Waals surface area contributed by atoms with Gasteiger partial charge in [-0.05, 0) is 12.0 Å². The van der Waals surface area contributed by atoms with Crippen molar-refractivity contribution in [3.63, 3.8) is 0 Å². The second-order valence-corrected chi connectivity index (χ2v) is 4.99. The van der Waals surface area contributed by atoms with Crippen LogP contribution in [0.3, 0.4) is 0 Å². The summed E-state index contributed by atoms with van der Waals surface area (Å²) in [6, 6.07) is 9.82. The first-order chi connectivity index (χ1) is 8.76. The van der Waals surface area contributed by atoms with E-state index in [0.717, 1.165) is 12.0 Å². The lowest BCUT2D eigenvalue weighted by Gasteiger charge is -2.11. The molecule has 0 radical (unpaired) electrons. The minimum Gasteiger partial charge on any atom is -0.421 e. The number of benzene rings is 1. The van der Waals surface area contributed by atoms with E-state index in [2.05, 4.69) is 26.1 Å². The maximum atomic E-state index is 5.65. The van der Waals surface area contributed by atoms with Crippen LogP contribution < -0.4 is 0 Å². The van der Waals surface area contributed by atoms with E-state index in [9.17, 15) is 0 Å². The highest BCUT2D eigenvalue weighted by molar-refractivity contribution is 9.09. The lowest BCUT2D eigenvalue weighted by Crippen LogP contribution is -2.03. The van der Waals surface area contributed by atoms with Crippen LogP contribution in [0.5, 0.6) is 0 Å². The van der Waals surface area contributed by atoms with E-state index in [4.69, 9.17) is 9.15 Å². The summed E-state index contributed by atoms with van der Waals surface area (Å²) >= 11 is 3.49. The molecule has 2 atom stereocenters. The number of alkyl halides is 1. The summed E-state index contributed by atoms with van der Waals surface area (Å²) in [6.07, 6.45) is 0.578. The zero-order valence-electron chi connectivity index (χ0n) is 10.3. The zero-order valence-corrected chi connectivity index (χ0v) is 11.9. The van der Waals surface area contributed by atoms with Gasteiger partial charge in [-0.2, -0.15) is 0 Å². The van der Waals surface area contributed by atoms with E-state index in [1.807, 2.05) is 37.3 Å². The largest absolute Gasteiger partial charge is 0.421 e. The van der Waals surface area contributed by atoms with Gasteiger partial charge in [0.1, 0.15) is 0 Å². The third-order valence-electron chi connectivity index (χ3n) is 2.64. The summed E-state index contributed by atoms with van der Waals surface area (Å²) in [6.45, 7) is 2.05. The molecule has 0 amide bonds. The van der Waals surface area contributed by atoms with Gasteiger partial charge in [-0.25, -0.2) is 0 Å². The monoisotopic (exact) mass is 310 g/mol. The third kappa shape index (κ3) is 2.79. The number of halogens is 1. The van der Waals surface area contributed by atoms with Gasteiger partial charge < -0.3 is 9.15 Å². The Labute approximate surface area is 114 Å². The van der Waals surface area contributed by atoms with Crippen molar-refractivity contribution in [2.45, 2.75) is 24.3 Å². The van der Waals surface area contributed by atoms with Gasteiger partial charge >= 0.3 is 0 Å². The average molecular weight is 311 g/mol. The highest BCUT2D eigenvalue weighted by atomic mass is 79.9. The van der Waals surface area contributed by atoms with Gasteiger partial charge in [-0.3, -0.25) is 0 Å². The Bertz CT molecular complexity index is 487. The summed E-state index contributed by atoms with van der Waals surface area (Å²) in [4.78, 5) is 0.0898. The number of aromatic nitrogens is 2. The summed E-state index contributed by atoms with van der Waals surface area (Å²) in [5.41, 5.74) is 0.998. The first-order valence-electron chi connectivity index (χ1n) is 5.81. The first kappa shape index (κ1) is 13.2. The van der Waals surface area contributed by atoms with Crippen LogP contribution in [0, 0.1) is 0 Å². The summed E-state index contributed by atoms with van der Waals surface area (Å²) in [5.74, 6) is 1.07. The van der Waals surface area contributed by atoms with Crippen LogP contribution in [-0.4, -0.2) is 17.3 Å². The Balaban J connectivity index is 2.26. The van der Waals surface area contributed by atoms with Gasteiger partial charge in [0.25, 0.3) is 0 Å². The average Bonchev–Trinajstić information content (AvgIpc) is 2.89. The Kier molecular flexibility index (Phi) is 4.49. The highest BCUT2D eigenvalue weighted by Gasteiger charge is 2.22. The number of rotatable bonds is 5. The molecule has 18 heavy (non-hydrogen) atoms. The van der Waals surface area contributed by atoms with Crippen molar-refractivity contribution >= 4 is 15.9 Å². The molecule has 0 fully saturated rings. The maximum absolute atomic E-state index is 5.65. The molecule has 96 valence electrons. The van der Waals surface area contributed by atoms with Crippen molar-refractivity contribution < 1.29 is 9.15 Å². The molecule has 0 aliphatic heterocycles. The van der Waals surface area contributed by atoms with E-state index in [-0.39, 0.29) is 10.9 Å². The molecule has 1 aromatic carbocycles. The molecular weight excluding hydrogens is 296 g/mol. The fourth-order valence-electron chi connectivity index (χ4n) is 1.66. The Morgan fingerprint density at radius 2 is 1.89 bits per heavy atom. The van der Waals surface area contributed by atoms with Crippen molar-refractivity contribution in [3.05, 3.63) is 47.7 Å². The van der Waals surface area contributed by atoms with E-state index < -0.39 is 0 Å². The smallest absolute Gasteiger partial charge is 0.249 e. The second kappa shape index (κ2) is 6.11. The molecular formula is C13H15BrN2O2. The van der Waals surface area contributed by atoms with Crippen molar-refractivity contribution in [1.82, 2.24) is 10.2 Å². The number of ether oxygens (including phenoxy) is 1. The fraction of sp³-hybridized carbons (Fsp3) is 0.385. The second-order valence-electron chi connectivity index (χ2n) is 3.88. The minimum absolute atomic E-state index is 0.0898. The molecule has 1 heterocycles. The van der Waals surface area contributed by atoms with Crippen LogP contribution in [0.25, 0.3) is 0 Å². The Hall–Kier alpha value is -1.20. The van der Waals surface area contributed by atoms with Gasteiger partial charge in [-0.15, -0.1) is 10.2 Å². The molecule has 0 spiro atoms. The van der Waals surface area contributed by atoms with Crippen LogP contribution in [-0.2, 0) is 4.74 Å².